The molecule has 0 aromatic carbocycles. The Bertz CT molecular complexity index is 686. The third kappa shape index (κ3) is 4.60. The molecule has 2 atom stereocenters. The van der Waals surface area contributed by atoms with Crippen molar-refractivity contribution in [2.75, 3.05) is 4.72 Å². The largest absolute Gasteiger partial charge is 0.598 e. The molecular weight excluding hydrogens is 350 g/mol. The molecule has 24 heavy (non-hydrogen) atoms. The molecule has 0 bridgehead atoms. The van der Waals surface area contributed by atoms with Gasteiger partial charge in [-0.2, -0.15) is 0 Å². The molecule has 1 heterocycles. The Balaban J connectivity index is 2.24. The summed E-state index contributed by atoms with van der Waals surface area (Å²) in [5.74, 6) is 0. The second kappa shape index (κ2) is 6.80. The lowest BCUT2D eigenvalue weighted by atomic mass is 10.1. The standard InChI is InChI=1S/C15H25N3O4S2/c1-5-15(19,18-23(20)14(2,3)4)13-10-11(8-9-16-13)17-24(21,22)12-6-7-12/h8-10,12,18-19H,5-7H2,1-4H3,(H,16,17). The van der Waals surface area contributed by atoms with Crippen LogP contribution in [0.1, 0.15) is 52.7 Å². The molecule has 1 aliphatic carbocycles. The van der Waals surface area contributed by atoms with E-state index in [4.69, 9.17) is 0 Å². The Hall–Kier alpha value is -0.870. The minimum absolute atomic E-state index is 0.221. The van der Waals surface area contributed by atoms with Crippen LogP contribution < -0.4 is 9.44 Å². The number of aromatic nitrogens is 1. The average molecular weight is 376 g/mol. The summed E-state index contributed by atoms with van der Waals surface area (Å²) in [7, 11) is -3.40. The van der Waals surface area contributed by atoms with Gasteiger partial charge in [0.2, 0.25) is 10.0 Å². The lowest BCUT2D eigenvalue weighted by molar-refractivity contribution is 0.0156. The van der Waals surface area contributed by atoms with Crippen LogP contribution >= 0.6 is 0 Å². The van der Waals surface area contributed by atoms with Crippen molar-refractivity contribution in [3.8, 4) is 0 Å². The zero-order chi connectivity index (χ0) is 18.2. The molecule has 1 aromatic rings. The van der Waals surface area contributed by atoms with Crippen LogP contribution in [-0.2, 0) is 27.1 Å². The molecule has 0 spiro atoms. The number of aliphatic hydroxyl groups is 1. The lowest BCUT2D eigenvalue weighted by Gasteiger charge is -2.32. The van der Waals surface area contributed by atoms with Crippen molar-refractivity contribution in [1.82, 2.24) is 9.71 Å². The Morgan fingerprint density at radius 2 is 2.04 bits per heavy atom. The minimum Gasteiger partial charge on any atom is -0.598 e. The fourth-order valence-corrected chi connectivity index (χ4v) is 4.20. The van der Waals surface area contributed by atoms with Gasteiger partial charge in [-0.15, -0.1) is 4.72 Å². The molecule has 0 amide bonds. The molecule has 2 unspecified atom stereocenters. The normalized spacial score (nSPS) is 19.6. The highest BCUT2D eigenvalue weighted by Crippen LogP contribution is 2.31. The quantitative estimate of drug-likeness (QED) is 0.492. The van der Waals surface area contributed by atoms with Gasteiger partial charge in [0.05, 0.1) is 16.6 Å². The van der Waals surface area contributed by atoms with Crippen LogP contribution in [0.15, 0.2) is 18.3 Å². The summed E-state index contributed by atoms with van der Waals surface area (Å²) in [5.41, 5.74) is -1.06. The third-order valence-corrected chi connectivity index (χ3v) is 7.24. The maximum atomic E-state index is 12.3. The van der Waals surface area contributed by atoms with E-state index in [-0.39, 0.29) is 17.4 Å². The maximum absolute atomic E-state index is 12.3. The van der Waals surface area contributed by atoms with Crippen LogP contribution in [0.4, 0.5) is 5.69 Å². The van der Waals surface area contributed by atoms with Crippen LogP contribution in [-0.4, -0.2) is 33.1 Å². The van der Waals surface area contributed by atoms with Gasteiger partial charge in [0.25, 0.3) is 0 Å². The number of anilines is 1. The van der Waals surface area contributed by atoms with Crippen LogP contribution in [0.3, 0.4) is 0 Å². The van der Waals surface area contributed by atoms with Crippen molar-refractivity contribution in [3.05, 3.63) is 24.0 Å². The molecule has 0 aliphatic heterocycles. The number of nitrogens with one attached hydrogen (secondary N) is 2. The minimum atomic E-state index is -3.40. The van der Waals surface area contributed by atoms with E-state index >= 15 is 0 Å². The molecule has 7 nitrogen and oxygen atoms in total. The molecule has 136 valence electrons. The fourth-order valence-electron chi connectivity index (χ4n) is 1.96. The average Bonchev–Trinajstić information content (AvgIpc) is 3.31. The van der Waals surface area contributed by atoms with E-state index < -0.39 is 31.9 Å². The molecule has 1 aromatic heterocycles. The molecule has 0 radical (unpaired) electrons. The summed E-state index contributed by atoms with van der Waals surface area (Å²) in [4.78, 5) is 4.13. The first-order chi connectivity index (χ1) is 11.0. The van der Waals surface area contributed by atoms with E-state index in [0.29, 0.717) is 18.5 Å². The van der Waals surface area contributed by atoms with Gasteiger partial charge >= 0.3 is 0 Å². The van der Waals surface area contributed by atoms with Gasteiger partial charge in [0.15, 0.2) is 5.72 Å². The van der Waals surface area contributed by atoms with Crippen LogP contribution in [0.25, 0.3) is 0 Å². The predicted molar refractivity (Wildman–Crippen MR) is 95.0 cm³/mol. The Morgan fingerprint density at radius 1 is 1.42 bits per heavy atom. The topological polar surface area (TPSA) is 114 Å². The van der Waals surface area contributed by atoms with Crippen molar-refractivity contribution >= 4 is 27.1 Å². The number of rotatable bonds is 7. The number of hydrogen-bond acceptors (Lipinski definition) is 6. The van der Waals surface area contributed by atoms with Crippen molar-refractivity contribution in [3.63, 3.8) is 0 Å². The monoisotopic (exact) mass is 375 g/mol. The predicted octanol–water partition coefficient (Wildman–Crippen LogP) is 1.59. The Kier molecular flexibility index (Phi) is 5.51. The van der Waals surface area contributed by atoms with Gasteiger partial charge in [0, 0.05) is 17.6 Å². The summed E-state index contributed by atoms with van der Waals surface area (Å²) < 4.78 is 41.1. The molecular formula is C15H25N3O4S2. The van der Waals surface area contributed by atoms with Crippen molar-refractivity contribution in [2.45, 2.75) is 62.7 Å². The van der Waals surface area contributed by atoms with Gasteiger partial charge in [0.1, 0.15) is 4.75 Å². The van der Waals surface area contributed by atoms with Gasteiger partial charge in [-0.1, -0.05) is 6.92 Å². The number of hydrogen-bond donors (Lipinski definition) is 3. The van der Waals surface area contributed by atoms with Gasteiger partial charge in [-0.25, -0.2) is 8.42 Å². The smallest absolute Gasteiger partial charge is 0.235 e. The first-order valence-corrected chi connectivity index (χ1v) is 10.6. The zero-order valence-corrected chi connectivity index (χ0v) is 16.0. The van der Waals surface area contributed by atoms with E-state index in [1.54, 1.807) is 27.7 Å². The van der Waals surface area contributed by atoms with Crippen molar-refractivity contribution in [1.29, 1.82) is 0 Å². The summed E-state index contributed by atoms with van der Waals surface area (Å²) in [6, 6.07) is 3.00. The summed E-state index contributed by atoms with van der Waals surface area (Å²) in [6.45, 7) is 7.11. The highest BCUT2D eigenvalue weighted by Gasteiger charge is 2.39. The SMILES string of the molecule is CCC(O)(N[S+]([O-])C(C)(C)C)c1cc(NS(=O)(=O)C2CC2)ccn1. The van der Waals surface area contributed by atoms with Crippen molar-refractivity contribution < 1.29 is 18.1 Å². The van der Waals surface area contributed by atoms with E-state index in [1.807, 2.05) is 0 Å². The molecule has 1 saturated carbocycles. The van der Waals surface area contributed by atoms with E-state index in [9.17, 15) is 18.1 Å². The molecule has 9 heteroatoms. The first-order valence-electron chi connectivity index (χ1n) is 7.88. The van der Waals surface area contributed by atoms with Gasteiger partial charge in [-0.05, 0) is 52.2 Å². The molecule has 1 fully saturated rings. The Morgan fingerprint density at radius 3 is 2.54 bits per heavy atom. The van der Waals surface area contributed by atoms with Gasteiger partial charge in [-0.3, -0.25) is 9.71 Å². The maximum Gasteiger partial charge on any atom is 0.235 e. The van der Waals surface area contributed by atoms with E-state index in [1.165, 1.54) is 18.3 Å². The van der Waals surface area contributed by atoms with E-state index in [0.717, 1.165) is 0 Å². The van der Waals surface area contributed by atoms with Crippen LogP contribution in [0.2, 0.25) is 0 Å². The second-order valence-corrected chi connectivity index (χ2v) is 10.9. The number of sulfonamides is 1. The highest BCUT2D eigenvalue weighted by atomic mass is 32.2. The summed E-state index contributed by atoms with van der Waals surface area (Å²) in [5, 5.41) is 10.5. The first kappa shape index (κ1) is 19.5. The van der Waals surface area contributed by atoms with Crippen LogP contribution in [0, 0.1) is 0 Å². The second-order valence-electron chi connectivity index (χ2n) is 6.97. The van der Waals surface area contributed by atoms with E-state index in [2.05, 4.69) is 14.4 Å². The molecule has 2 rings (SSSR count). The molecule has 0 saturated heterocycles. The summed E-state index contributed by atoms with van der Waals surface area (Å²) >= 11 is -1.51. The number of pyridine rings is 1. The molecule has 3 N–H and O–H groups in total. The molecule has 1 aliphatic rings. The van der Waals surface area contributed by atoms with Crippen molar-refractivity contribution in [2.24, 2.45) is 0 Å². The van der Waals surface area contributed by atoms with Crippen LogP contribution in [0.5, 0.6) is 0 Å². The lowest BCUT2D eigenvalue weighted by Crippen LogP contribution is -2.51. The zero-order valence-electron chi connectivity index (χ0n) is 14.4. The fraction of sp³-hybridized carbons (Fsp3) is 0.667. The number of nitrogens with zero attached hydrogens (tertiary/aromatic N) is 1. The van der Waals surface area contributed by atoms with Gasteiger partial charge < -0.3 is 9.66 Å². The summed E-state index contributed by atoms with van der Waals surface area (Å²) in [6.07, 6.45) is 2.97. The third-order valence-electron chi connectivity index (χ3n) is 3.74. The Labute approximate surface area is 146 Å². The highest BCUT2D eigenvalue weighted by molar-refractivity contribution is 7.93.